The van der Waals surface area contributed by atoms with E-state index < -0.39 is 0 Å². The Labute approximate surface area is 155 Å². The lowest BCUT2D eigenvalue weighted by molar-refractivity contribution is 0.0360. The smallest absolute Gasteiger partial charge is 0.255 e. The number of hydrogen-bond acceptors (Lipinski definition) is 7. The van der Waals surface area contributed by atoms with E-state index in [0.717, 1.165) is 45.0 Å². The average molecular weight is 368 g/mol. The molecule has 3 aromatic rings. The Balaban J connectivity index is 1.32. The van der Waals surface area contributed by atoms with Crippen molar-refractivity contribution < 1.29 is 14.1 Å². The standard InChI is InChI=1S/C18H20N6O3/c25-18(15-3-1-14(2-4-15)17-19-13-27-22-17)21-16-11-20-24(12-16)6-5-23-7-9-26-10-8-23/h1-4,11-13H,5-10H2,(H,21,25). The van der Waals surface area contributed by atoms with Gasteiger partial charge in [-0.3, -0.25) is 14.4 Å². The van der Waals surface area contributed by atoms with Crippen LogP contribution in [0.1, 0.15) is 10.4 Å². The van der Waals surface area contributed by atoms with Gasteiger partial charge in [-0.05, 0) is 12.1 Å². The molecule has 140 valence electrons. The van der Waals surface area contributed by atoms with E-state index in [1.54, 1.807) is 30.5 Å². The van der Waals surface area contributed by atoms with E-state index in [1.807, 2.05) is 10.9 Å². The number of anilines is 1. The molecule has 0 saturated carbocycles. The number of hydrogen-bond donors (Lipinski definition) is 1. The Morgan fingerprint density at radius 2 is 1.96 bits per heavy atom. The van der Waals surface area contributed by atoms with Gasteiger partial charge in [-0.2, -0.15) is 10.1 Å². The average Bonchev–Trinajstić information content (AvgIpc) is 3.40. The molecule has 0 atom stereocenters. The minimum atomic E-state index is -0.192. The van der Waals surface area contributed by atoms with Crippen molar-refractivity contribution in [2.24, 2.45) is 0 Å². The number of nitrogens with zero attached hydrogens (tertiary/aromatic N) is 5. The number of carbonyl (C=O) groups excluding carboxylic acids is 1. The molecular formula is C18H20N6O3. The maximum absolute atomic E-state index is 12.4. The molecule has 3 heterocycles. The SMILES string of the molecule is O=C(Nc1cnn(CCN2CCOCC2)c1)c1ccc(-c2ncon2)cc1. The van der Waals surface area contributed by atoms with Crippen LogP contribution < -0.4 is 5.32 Å². The van der Waals surface area contributed by atoms with Gasteiger partial charge >= 0.3 is 0 Å². The topological polar surface area (TPSA) is 98.3 Å². The number of nitrogens with one attached hydrogen (secondary N) is 1. The highest BCUT2D eigenvalue weighted by Gasteiger charge is 2.12. The van der Waals surface area contributed by atoms with Crippen molar-refractivity contribution in [3.8, 4) is 11.4 Å². The minimum absolute atomic E-state index is 0.192. The third-order valence-electron chi connectivity index (χ3n) is 4.41. The van der Waals surface area contributed by atoms with Crippen LogP contribution in [0.4, 0.5) is 5.69 Å². The molecule has 27 heavy (non-hydrogen) atoms. The van der Waals surface area contributed by atoms with Gasteiger partial charge < -0.3 is 14.6 Å². The number of benzene rings is 1. The monoisotopic (exact) mass is 368 g/mol. The molecule has 0 spiro atoms. The second-order valence-corrected chi connectivity index (χ2v) is 6.23. The molecule has 1 fully saturated rings. The van der Waals surface area contributed by atoms with Crippen molar-refractivity contribution in [1.82, 2.24) is 24.8 Å². The van der Waals surface area contributed by atoms with Crippen LogP contribution >= 0.6 is 0 Å². The predicted octanol–water partition coefficient (Wildman–Crippen LogP) is 1.52. The van der Waals surface area contributed by atoms with Crippen LogP contribution in [-0.2, 0) is 11.3 Å². The summed E-state index contributed by atoms with van der Waals surface area (Å²) in [7, 11) is 0. The quantitative estimate of drug-likeness (QED) is 0.704. The van der Waals surface area contributed by atoms with Gasteiger partial charge in [-0.15, -0.1) is 0 Å². The molecular weight excluding hydrogens is 348 g/mol. The number of carbonyl (C=O) groups is 1. The molecule has 9 heteroatoms. The third kappa shape index (κ3) is 4.39. The lowest BCUT2D eigenvalue weighted by Crippen LogP contribution is -2.38. The molecule has 2 aromatic heterocycles. The lowest BCUT2D eigenvalue weighted by atomic mass is 10.1. The lowest BCUT2D eigenvalue weighted by Gasteiger charge is -2.26. The molecule has 0 aliphatic carbocycles. The number of morpholine rings is 1. The summed E-state index contributed by atoms with van der Waals surface area (Å²) in [6.45, 7) is 5.15. The van der Waals surface area contributed by atoms with Crippen LogP contribution in [0.5, 0.6) is 0 Å². The van der Waals surface area contributed by atoms with Crippen LogP contribution in [-0.4, -0.2) is 63.6 Å². The Kier molecular flexibility index (Phi) is 5.22. The summed E-state index contributed by atoms with van der Waals surface area (Å²) < 4.78 is 11.9. The zero-order valence-electron chi connectivity index (χ0n) is 14.7. The zero-order chi connectivity index (χ0) is 18.5. The maximum atomic E-state index is 12.4. The van der Waals surface area contributed by atoms with Gasteiger partial charge in [0.05, 0.1) is 31.6 Å². The van der Waals surface area contributed by atoms with Crippen molar-refractivity contribution in [1.29, 1.82) is 0 Å². The molecule has 1 N–H and O–H groups in total. The summed E-state index contributed by atoms with van der Waals surface area (Å²) in [4.78, 5) is 18.7. The van der Waals surface area contributed by atoms with E-state index in [4.69, 9.17) is 9.26 Å². The van der Waals surface area contributed by atoms with Crippen LogP contribution in [0, 0.1) is 0 Å². The van der Waals surface area contributed by atoms with Crippen molar-refractivity contribution in [3.05, 3.63) is 48.6 Å². The van der Waals surface area contributed by atoms with Gasteiger partial charge in [-0.25, -0.2) is 0 Å². The summed E-state index contributed by atoms with van der Waals surface area (Å²) >= 11 is 0. The first-order valence-electron chi connectivity index (χ1n) is 8.79. The number of rotatable bonds is 6. The fourth-order valence-corrected chi connectivity index (χ4v) is 2.89. The molecule has 1 saturated heterocycles. The normalized spacial score (nSPS) is 15.0. The Bertz CT molecular complexity index is 869. The van der Waals surface area contributed by atoms with Crippen molar-refractivity contribution in [2.75, 3.05) is 38.2 Å². The van der Waals surface area contributed by atoms with E-state index in [0.29, 0.717) is 17.1 Å². The molecule has 0 bridgehead atoms. The highest BCUT2D eigenvalue weighted by molar-refractivity contribution is 6.04. The highest BCUT2D eigenvalue weighted by Crippen LogP contribution is 2.16. The van der Waals surface area contributed by atoms with Crippen molar-refractivity contribution in [2.45, 2.75) is 6.54 Å². The molecule has 4 rings (SSSR count). The fourth-order valence-electron chi connectivity index (χ4n) is 2.89. The van der Waals surface area contributed by atoms with Crippen LogP contribution in [0.3, 0.4) is 0 Å². The second-order valence-electron chi connectivity index (χ2n) is 6.23. The zero-order valence-corrected chi connectivity index (χ0v) is 14.7. The number of aromatic nitrogens is 4. The molecule has 0 radical (unpaired) electrons. The van der Waals surface area contributed by atoms with Gasteiger partial charge in [0.15, 0.2) is 0 Å². The number of amides is 1. The first-order chi connectivity index (χ1) is 13.3. The van der Waals surface area contributed by atoms with Crippen molar-refractivity contribution >= 4 is 11.6 Å². The largest absolute Gasteiger partial charge is 0.379 e. The van der Waals surface area contributed by atoms with E-state index in [-0.39, 0.29) is 5.91 Å². The van der Waals surface area contributed by atoms with E-state index in [9.17, 15) is 4.79 Å². The van der Waals surface area contributed by atoms with Crippen LogP contribution in [0.15, 0.2) is 47.6 Å². The molecule has 1 aliphatic rings. The molecule has 1 aliphatic heterocycles. The summed E-state index contributed by atoms with van der Waals surface area (Å²) in [5, 5.41) is 11.0. The summed E-state index contributed by atoms with van der Waals surface area (Å²) in [5.41, 5.74) is 2.00. The first kappa shape index (κ1) is 17.4. The van der Waals surface area contributed by atoms with Gasteiger partial charge in [0.25, 0.3) is 5.91 Å². The van der Waals surface area contributed by atoms with Crippen LogP contribution in [0.2, 0.25) is 0 Å². The first-order valence-corrected chi connectivity index (χ1v) is 8.79. The number of ether oxygens (including phenoxy) is 1. The predicted molar refractivity (Wildman–Crippen MR) is 97.2 cm³/mol. The molecule has 1 amide bonds. The van der Waals surface area contributed by atoms with Crippen molar-refractivity contribution in [3.63, 3.8) is 0 Å². The minimum Gasteiger partial charge on any atom is -0.379 e. The second kappa shape index (κ2) is 8.11. The van der Waals surface area contributed by atoms with E-state index in [1.165, 1.54) is 6.39 Å². The van der Waals surface area contributed by atoms with E-state index >= 15 is 0 Å². The Morgan fingerprint density at radius 1 is 1.15 bits per heavy atom. The van der Waals surface area contributed by atoms with Gasteiger partial charge in [0, 0.05) is 37.0 Å². The Hall–Kier alpha value is -3.04. The molecule has 9 nitrogen and oxygen atoms in total. The summed E-state index contributed by atoms with van der Waals surface area (Å²) in [5.74, 6) is 0.297. The van der Waals surface area contributed by atoms with E-state index in [2.05, 4.69) is 25.5 Å². The van der Waals surface area contributed by atoms with Crippen LogP contribution in [0.25, 0.3) is 11.4 Å². The fraction of sp³-hybridized carbons (Fsp3) is 0.333. The Morgan fingerprint density at radius 3 is 2.70 bits per heavy atom. The van der Waals surface area contributed by atoms with Gasteiger partial charge in [0.1, 0.15) is 0 Å². The summed E-state index contributed by atoms with van der Waals surface area (Å²) in [6.07, 6.45) is 4.77. The van der Waals surface area contributed by atoms with Gasteiger partial charge in [0.2, 0.25) is 12.2 Å². The molecule has 0 unspecified atom stereocenters. The highest BCUT2D eigenvalue weighted by atomic mass is 16.5. The third-order valence-corrected chi connectivity index (χ3v) is 4.41. The summed E-state index contributed by atoms with van der Waals surface area (Å²) in [6, 6.07) is 7.02. The van der Waals surface area contributed by atoms with Gasteiger partial charge in [-0.1, -0.05) is 17.3 Å². The maximum Gasteiger partial charge on any atom is 0.255 e. The molecule has 1 aromatic carbocycles.